The number of hydrogen-bond acceptors (Lipinski definition) is 9. The second-order valence-corrected chi connectivity index (χ2v) is 13.9. The lowest BCUT2D eigenvalue weighted by Gasteiger charge is -2.20. The van der Waals surface area contributed by atoms with Gasteiger partial charge < -0.3 is 14.8 Å². The lowest BCUT2D eigenvalue weighted by molar-refractivity contribution is -0.384. The molecule has 242 valence electrons. The van der Waals surface area contributed by atoms with Crippen LogP contribution >= 0.6 is 11.8 Å². The number of carbonyl (C=O) groups excluding carboxylic acids is 1. The molecule has 4 aromatic rings. The molecule has 0 aliphatic heterocycles. The summed E-state index contributed by atoms with van der Waals surface area (Å²) in [5.74, 6) is -0.229. The van der Waals surface area contributed by atoms with Crippen LogP contribution in [0.2, 0.25) is 0 Å². The van der Waals surface area contributed by atoms with Crippen molar-refractivity contribution in [2.75, 3.05) is 31.7 Å². The van der Waals surface area contributed by atoms with E-state index in [1.807, 2.05) is 49.1 Å². The third kappa shape index (κ3) is 9.52. The number of anilines is 1. The van der Waals surface area contributed by atoms with Gasteiger partial charge in [0.25, 0.3) is 21.6 Å². The van der Waals surface area contributed by atoms with Gasteiger partial charge in [-0.25, -0.2) is 13.1 Å². The van der Waals surface area contributed by atoms with Gasteiger partial charge in [-0.3, -0.25) is 19.7 Å². The number of aryl methyl sites for hydroxylation is 1. The molecule has 0 saturated heterocycles. The molecule has 2 N–H and O–H groups in total. The van der Waals surface area contributed by atoms with E-state index >= 15 is 0 Å². The fourth-order valence-electron chi connectivity index (χ4n) is 4.72. The number of nitrogens with zero attached hydrogens (tertiary/aromatic N) is 3. The van der Waals surface area contributed by atoms with E-state index in [4.69, 9.17) is 0 Å². The predicted octanol–water partition coefficient (Wildman–Crippen LogP) is 5.38. The molecule has 0 fully saturated rings. The number of rotatable bonds is 15. The molecule has 0 aliphatic carbocycles. The zero-order valence-corrected chi connectivity index (χ0v) is 27.5. The van der Waals surface area contributed by atoms with Gasteiger partial charge in [0.1, 0.15) is 5.69 Å². The quantitative estimate of drug-likeness (QED) is 0.0741. The molecule has 3 aromatic carbocycles. The van der Waals surface area contributed by atoms with Crippen LogP contribution in [0.5, 0.6) is 0 Å². The summed E-state index contributed by atoms with van der Waals surface area (Å²) in [7, 11) is 1.21. The lowest BCUT2D eigenvalue weighted by Crippen LogP contribution is -2.30. The second kappa shape index (κ2) is 15.7. The number of aromatic nitrogens is 1. The highest BCUT2D eigenvalue weighted by Gasteiger charge is 2.25. The topological polar surface area (TPSA) is 144 Å². The van der Waals surface area contributed by atoms with Crippen LogP contribution in [-0.4, -0.2) is 61.2 Å². The van der Waals surface area contributed by atoms with Gasteiger partial charge in [0.2, 0.25) is 5.56 Å². The van der Waals surface area contributed by atoms with Crippen LogP contribution in [0.25, 0.3) is 11.1 Å². The Morgan fingerprint density at radius 1 is 0.978 bits per heavy atom. The van der Waals surface area contributed by atoms with Crippen molar-refractivity contribution in [2.24, 2.45) is 7.05 Å². The fraction of sp³-hybridized carbons (Fsp3) is 0.273. The molecule has 0 unspecified atom stereocenters. The van der Waals surface area contributed by atoms with Crippen molar-refractivity contribution in [3.05, 3.63) is 117 Å². The highest BCUT2D eigenvalue weighted by molar-refractivity contribution is 7.99. The van der Waals surface area contributed by atoms with E-state index in [0.717, 1.165) is 47.9 Å². The van der Waals surface area contributed by atoms with E-state index in [0.29, 0.717) is 5.75 Å². The van der Waals surface area contributed by atoms with Gasteiger partial charge >= 0.3 is 0 Å². The zero-order chi connectivity index (χ0) is 33.3. The van der Waals surface area contributed by atoms with Crippen molar-refractivity contribution in [1.29, 1.82) is 0 Å². The molecule has 0 aliphatic rings. The van der Waals surface area contributed by atoms with Crippen LogP contribution in [0.3, 0.4) is 0 Å². The standard InChI is InChI=1S/C33H37N5O6S2/c1-36(2)20-8-7-9-27(23-45-28-10-5-4-6-11-28)34-30-18-17-29(21-31(30)38(41)42)46(43,44)35-33(40)25-14-12-24(13-15-25)26-16-19-32(39)37(3)22-26/h4-6,10-19,21-22,27,34H,7-9,20,23H2,1-3H3,(H,35,40)/t27-/m1/s1. The maximum Gasteiger partial charge on any atom is 0.293 e. The summed E-state index contributed by atoms with van der Waals surface area (Å²) in [6.07, 6.45) is 4.30. The first-order valence-electron chi connectivity index (χ1n) is 14.6. The number of amides is 1. The minimum absolute atomic E-state index is 0.0814. The number of unbranched alkanes of at least 4 members (excludes halogenated alkanes) is 1. The molecule has 1 heterocycles. The van der Waals surface area contributed by atoms with E-state index in [2.05, 4.69) is 10.2 Å². The molecular weight excluding hydrogens is 627 g/mol. The molecule has 1 atom stereocenters. The summed E-state index contributed by atoms with van der Waals surface area (Å²) in [5, 5.41) is 15.4. The van der Waals surface area contributed by atoms with Gasteiger partial charge in [-0.1, -0.05) is 36.8 Å². The minimum Gasteiger partial charge on any atom is -0.376 e. The molecule has 0 bridgehead atoms. The molecule has 0 saturated carbocycles. The van der Waals surface area contributed by atoms with Crippen molar-refractivity contribution in [3.8, 4) is 11.1 Å². The van der Waals surface area contributed by atoms with E-state index in [-0.39, 0.29) is 22.9 Å². The number of hydrogen-bond donors (Lipinski definition) is 2. The summed E-state index contributed by atoms with van der Waals surface area (Å²) >= 11 is 1.64. The number of nitro groups is 1. The van der Waals surface area contributed by atoms with Crippen LogP contribution in [0, 0.1) is 10.1 Å². The third-order valence-electron chi connectivity index (χ3n) is 7.23. The summed E-state index contributed by atoms with van der Waals surface area (Å²) in [5.41, 5.74) is 1.20. The Labute approximate surface area is 272 Å². The molecule has 13 heteroatoms. The molecule has 1 amide bonds. The Morgan fingerprint density at radius 2 is 1.67 bits per heavy atom. The first-order valence-corrected chi connectivity index (χ1v) is 17.1. The van der Waals surface area contributed by atoms with E-state index in [1.54, 1.807) is 43.2 Å². The Kier molecular flexibility index (Phi) is 11.7. The molecular formula is C33H37N5O6S2. The zero-order valence-electron chi connectivity index (χ0n) is 25.9. The van der Waals surface area contributed by atoms with Crippen LogP contribution in [0.1, 0.15) is 29.6 Å². The number of nitrogens with one attached hydrogen (secondary N) is 2. The largest absolute Gasteiger partial charge is 0.376 e. The molecule has 46 heavy (non-hydrogen) atoms. The van der Waals surface area contributed by atoms with Crippen LogP contribution in [-0.2, 0) is 17.1 Å². The number of nitro benzene ring substituents is 1. The Morgan fingerprint density at radius 3 is 2.33 bits per heavy atom. The van der Waals surface area contributed by atoms with Crippen LogP contribution < -0.4 is 15.6 Å². The fourth-order valence-corrected chi connectivity index (χ4v) is 6.71. The van der Waals surface area contributed by atoms with Crippen LogP contribution in [0.15, 0.2) is 106 Å². The van der Waals surface area contributed by atoms with E-state index in [9.17, 15) is 28.1 Å². The van der Waals surface area contributed by atoms with Gasteiger partial charge in [0, 0.05) is 47.6 Å². The third-order valence-corrected chi connectivity index (χ3v) is 9.73. The van der Waals surface area contributed by atoms with Crippen molar-refractivity contribution in [3.63, 3.8) is 0 Å². The maximum atomic E-state index is 13.2. The monoisotopic (exact) mass is 663 g/mol. The second-order valence-electron chi connectivity index (χ2n) is 11.1. The molecule has 1 aromatic heterocycles. The number of benzene rings is 3. The number of sulfonamides is 1. The average Bonchev–Trinajstić information content (AvgIpc) is 3.03. The van der Waals surface area contributed by atoms with Gasteiger partial charge in [-0.15, -0.1) is 11.8 Å². The molecule has 4 rings (SSSR count). The summed E-state index contributed by atoms with van der Waals surface area (Å²) in [4.78, 5) is 38.8. The molecule has 0 spiro atoms. The van der Waals surface area contributed by atoms with Crippen LogP contribution in [0.4, 0.5) is 11.4 Å². The molecule has 0 radical (unpaired) electrons. The number of thioether (sulfide) groups is 1. The smallest absolute Gasteiger partial charge is 0.293 e. The first kappa shape index (κ1) is 34.4. The van der Waals surface area contributed by atoms with Gasteiger partial charge in [-0.05, 0) is 87.1 Å². The minimum atomic E-state index is -4.43. The number of carbonyl (C=O) groups is 1. The molecule has 11 nitrogen and oxygen atoms in total. The maximum absolute atomic E-state index is 13.2. The van der Waals surface area contributed by atoms with Crippen molar-refractivity contribution >= 4 is 39.1 Å². The van der Waals surface area contributed by atoms with Crippen molar-refractivity contribution in [2.45, 2.75) is 35.1 Å². The normalized spacial score (nSPS) is 12.1. The number of pyridine rings is 1. The summed E-state index contributed by atoms with van der Waals surface area (Å²) in [6.45, 7) is 0.927. The first-order chi connectivity index (χ1) is 21.9. The van der Waals surface area contributed by atoms with Gasteiger partial charge in [0.05, 0.1) is 9.82 Å². The Bertz CT molecular complexity index is 1830. The SMILES string of the molecule is CN(C)CCCC[C@H](CSc1ccccc1)Nc1ccc(S(=O)(=O)NC(=O)c2ccc(-c3ccc(=O)n(C)c3)cc2)cc1[N+](=O)[O-]. The Balaban J connectivity index is 1.49. The predicted molar refractivity (Wildman–Crippen MR) is 182 cm³/mol. The average molecular weight is 664 g/mol. The lowest BCUT2D eigenvalue weighted by atomic mass is 10.1. The van der Waals surface area contributed by atoms with E-state index < -0.39 is 31.4 Å². The van der Waals surface area contributed by atoms with Gasteiger partial charge in [-0.2, -0.15) is 0 Å². The highest BCUT2D eigenvalue weighted by Crippen LogP contribution is 2.30. The van der Waals surface area contributed by atoms with Gasteiger partial charge in [0.15, 0.2) is 0 Å². The summed E-state index contributed by atoms with van der Waals surface area (Å²) < 4.78 is 29.8. The van der Waals surface area contributed by atoms with Crippen molar-refractivity contribution < 1.29 is 18.1 Å². The van der Waals surface area contributed by atoms with E-state index in [1.165, 1.54) is 34.9 Å². The Hall–Kier alpha value is -4.46. The highest BCUT2D eigenvalue weighted by atomic mass is 32.2. The summed E-state index contributed by atoms with van der Waals surface area (Å²) in [6, 6.07) is 22.6. The van der Waals surface area contributed by atoms with Crippen molar-refractivity contribution in [1.82, 2.24) is 14.2 Å².